The van der Waals surface area contributed by atoms with Crippen molar-refractivity contribution in [3.8, 4) is 5.75 Å². The van der Waals surface area contributed by atoms with Gasteiger partial charge in [-0.1, -0.05) is 32.0 Å². The zero-order valence-electron chi connectivity index (χ0n) is 13.1. The van der Waals surface area contributed by atoms with Crippen molar-refractivity contribution in [2.24, 2.45) is 5.92 Å². The number of hydrogen-bond acceptors (Lipinski definition) is 3. The molecule has 1 heterocycles. The van der Waals surface area contributed by atoms with Crippen molar-refractivity contribution in [1.29, 1.82) is 0 Å². The van der Waals surface area contributed by atoms with Crippen LogP contribution < -0.4 is 15.4 Å². The third-order valence-electron chi connectivity index (χ3n) is 3.93. The summed E-state index contributed by atoms with van der Waals surface area (Å²) in [4.78, 5) is 14.3. The largest absolute Gasteiger partial charge is 0.478 e. The number of nitrogens with two attached hydrogens (primary N) is 1. The Balaban J connectivity index is 2.03. The molecule has 0 aromatic heterocycles. The van der Waals surface area contributed by atoms with Gasteiger partial charge in [0.1, 0.15) is 11.6 Å². The van der Waals surface area contributed by atoms with E-state index in [1.165, 1.54) is 6.07 Å². The summed E-state index contributed by atoms with van der Waals surface area (Å²) in [5, 5.41) is 0. The molecular formula is C18H19FN2O2. The standard InChI is InChI=1S/C18H19FN2O2/c1-11(2)17-18(22)21(10-12-5-3-4-6-14(12)19)15-8-7-13(20)9-16(15)23-17/h3-9,11,17H,10,20H2,1-2H3/t17-/m0/s1. The molecular weight excluding hydrogens is 295 g/mol. The highest BCUT2D eigenvalue weighted by molar-refractivity contribution is 6.00. The SMILES string of the molecule is CC(C)[C@@H]1Oc2cc(N)ccc2N(Cc2ccccc2F)C1=O. The number of carbonyl (C=O) groups is 1. The smallest absolute Gasteiger partial charge is 0.268 e. The molecule has 5 heteroatoms. The Hall–Kier alpha value is -2.56. The van der Waals surface area contributed by atoms with Crippen LogP contribution >= 0.6 is 0 Å². The van der Waals surface area contributed by atoms with Crippen LogP contribution in [0.5, 0.6) is 5.75 Å². The molecule has 1 aliphatic rings. The van der Waals surface area contributed by atoms with E-state index in [-0.39, 0.29) is 24.2 Å². The molecule has 1 amide bonds. The van der Waals surface area contributed by atoms with Gasteiger partial charge in [-0.2, -0.15) is 0 Å². The van der Waals surface area contributed by atoms with Crippen molar-refractivity contribution < 1.29 is 13.9 Å². The summed E-state index contributed by atoms with van der Waals surface area (Å²) in [5.41, 5.74) is 7.46. The predicted molar refractivity (Wildman–Crippen MR) is 87.7 cm³/mol. The van der Waals surface area contributed by atoms with Gasteiger partial charge in [0.15, 0.2) is 6.10 Å². The molecule has 0 saturated carbocycles. The monoisotopic (exact) mass is 314 g/mol. The predicted octanol–water partition coefficient (Wildman–Crippen LogP) is 3.36. The summed E-state index contributed by atoms with van der Waals surface area (Å²) in [5.74, 6) is 0.0604. The summed E-state index contributed by atoms with van der Waals surface area (Å²) in [6, 6.07) is 11.6. The Labute approximate surface area is 134 Å². The summed E-state index contributed by atoms with van der Waals surface area (Å²) < 4.78 is 19.8. The van der Waals surface area contributed by atoms with Crippen LogP contribution in [0.2, 0.25) is 0 Å². The number of hydrogen-bond donors (Lipinski definition) is 1. The lowest BCUT2D eigenvalue weighted by Gasteiger charge is -2.36. The lowest BCUT2D eigenvalue weighted by atomic mass is 10.0. The Morgan fingerprint density at radius 3 is 2.70 bits per heavy atom. The molecule has 0 unspecified atom stereocenters. The van der Waals surface area contributed by atoms with Gasteiger partial charge in [0, 0.05) is 17.3 Å². The first-order valence-electron chi connectivity index (χ1n) is 7.58. The number of carbonyl (C=O) groups excluding carboxylic acids is 1. The summed E-state index contributed by atoms with van der Waals surface area (Å²) >= 11 is 0. The van der Waals surface area contributed by atoms with Crippen molar-refractivity contribution in [2.45, 2.75) is 26.5 Å². The van der Waals surface area contributed by atoms with E-state index in [4.69, 9.17) is 10.5 Å². The first-order valence-corrected chi connectivity index (χ1v) is 7.58. The van der Waals surface area contributed by atoms with Crippen LogP contribution in [0.3, 0.4) is 0 Å². The molecule has 2 aromatic rings. The second-order valence-electron chi connectivity index (χ2n) is 6.03. The average Bonchev–Trinajstić information content (AvgIpc) is 2.51. The van der Waals surface area contributed by atoms with Gasteiger partial charge in [0.25, 0.3) is 5.91 Å². The zero-order chi connectivity index (χ0) is 16.6. The Morgan fingerprint density at radius 1 is 1.26 bits per heavy atom. The number of anilines is 2. The highest BCUT2D eigenvalue weighted by Gasteiger charge is 2.36. The first kappa shape index (κ1) is 15.3. The quantitative estimate of drug-likeness (QED) is 0.884. The molecule has 0 radical (unpaired) electrons. The fraction of sp³-hybridized carbons (Fsp3) is 0.278. The van der Waals surface area contributed by atoms with Crippen LogP contribution in [-0.4, -0.2) is 12.0 Å². The topological polar surface area (TPSA) is 55.6 Å². The van der Waals surface area contributed by atoms with E-state index in [1.807, 2.05) is 13.8 Å². The van der Waals surface area contributed by atoms with E-state index in [9.17, 15) is 9.18 Å². The lowest BCUT2D eigenvalue weighted by molar-refractivity contribution is -0.128. The number of amides is 1. The van der Waals surface area contributed by atoms with Gasteiger partial charge >= 0.3 is 0 Å². The normalized spacial score (nSPS) is 17.1. The maximum atomic E-state index is 14.0. The summed E-state index contributed by atoms with van der Waals surface area (Å²) in [7, 11) is 0. The van der Waals surface area contributed by atoms with Crippen molar-refractivity contribution in [2.75, 3.05) is 10.6 Å². The highest BCUT2D eigenvalue weighted by Crippen LogP contribution is 2.38. The number of halogens is 1. The number of fused-ring (bicyclic) bond motifs is 1. The van der Waals surface area contributed by atoms with Crippen LogP contribution in [0, 0.1) is 11.7 Å². The van der Waals surface area contributed by atoms with Gasteiger partial charge in [0.2, 0.25) is 0 Å². The Bertz CT molecular complexity index is 746. The van der Waals surface area contributed by atoms with E-state index in [1.54, 1.807) is 41.3 Å². The van der Waals surface area contributed by atoms with E-state index in [0.29, 0.717) is 22.7 Å². The summed E-state index contributed by atoms with van der Waals surface area (Å²) in [6.07, 6.45) is -0.601. The zero-order valence-corrected chi connectivity index (χ0v) is 13.1. The molecule has 120 valence electrons. The van der Waals surface area contributed by atoms with Crippen LogP contribution in [0.25, 0.3) is 0 Å². The minimum absolute atomic E-state index is 0.000186. The van der Waals surface area contributed by atoms with Gasteiger partial charge in [-0.15, -0.1) is 0 Å². The third kappa shape index (κ3) is 2.86. The van der Waals surface area contributed by atoms with E-state index in [2.05, 4.69) is 0 Å². The molecule has 2 N–H and O–H groups in total. The molecule has 1 atom stereocenters. The molecule has 0 bridgehead atoms. The molecule has 0 spiro atoms. The van der Waals surface area contributed by atoms with Crippen LogP contribution in [0.15, 0.2) is 42.5 Å². The lowest BCUT2D eigenvalue weighted by Crippen LogP contribution is -2.48. The Kier molecular flexibility index (Phi) is 3.94. The van der Waals surface area contributed by atoms with E-state index >= 15 is 0 Å². The number of nitrogens with zero attached hydrogens (tertiary/aromatic N) is 1. The molecule has 2 aromatic carbocycles. The Morgan fingerprint density at radius 2 is 2.00 bits per heavy atom. The van der Waals surface area contributed by atoms with Gasteiger partial charge in [-0.25, -0.2) is 4.39 Å². The number of rotatable bonds is 3. The van der Waals surface area contributed by atoms with Crippen molar-refractivity contribution >= 4 is 17.3 Å². The maximum absolute atomic E-state index is 14.0. The highest BCUT2D eigenvalue weighted by atomic mass is 19.1. The second-order valence-corrected chi connectivity index (χ2v) is 6.03. The van der Waals surface area contributed by atoms with E-state index in [0.717, 1.165) is 0 Å². The van der Waals surface area contributed by atoms with Crippen molar-refractivity contribution in [1.82, 2.24) is 0 Å². The maximum Gasteiger partial charge on any atom is 0.268 e. The fourth-order valence-corrected chi connectivity index (χ4v) is 2.69. The van der Waals surface area contributed by atoms with Gasteiger partial charge in [0.05, 0.1) is 12.2 Å². The van der Waals surface area contributed by atoms with Gasteiger partial charge in [-0.05, 0) is 24.1 Å². The van der Waals surface area contributed by atoms with Crippen LogP contribution in [-0.2, 0) is 11.3 Å². The van der Waals surface area contributed by atoms with Gasteiger partial charge in [-0.3, -0.25) is 4.79 Å². The minimum atomic E-state index is -0.601. The molecule has 0 fully saturated rings. The van der Waals surface area contributed by atoms with Crippen LogP contribution in [0.1, 0.15) is 19.4 Å². The second kappa shape index (κ2) is 5.91. The fourth-order valence-electron chi connectivity index (χ4n) is 2.69. The average molecular weight is 314 g/mol. The number of benzene rings is 2. The molecule has 23 heavy (non-hydrogen) atoms. The molecule has 0 aliphatic carbocycles. The molecule has 0 saturated heterocycles. The first-order chi connectivity index (χ1) is 11.0. The summed E-state index contributed by atoms with van der Waals surface area (Å²) in [6.45, 7) is 4.00. The molecule has 4 nitrogen and oxygen atoms in total. The minimum Gasteiger partial charge on any atom is -0.478 e. The van der Waals surface area contributed by atoms with Gasteiger partial charge < -0.3 is 15.4 Å². The van der Waals surface area contributed by atoms with E-state index < -0.39 is 6.10 Å². The number of ether oxygens (including phenoxy) is 1. The van der Waals surface area contributed by atoms with Crippen molar-refractivity contribution in [3.63, 3.8) is 0 Å². The third-order valence-corrected chi connectivity index (χ3v) is 3.93. The van der Waals surface area contributed by atoms with Crippen LogP contribution in [0.4, 0.5) is 15.8 Å². The number of nitrogen functional groups attached to an aromatic ring is 1. The molecule has 1 aliphatic heterocycles. The molecule has 3 rings (SSSR count). The van der Waals surface area contributed by atoms with Crippen molar-refractivity contribution in [3.05, 3.63) is 53.8 Å².